The molecule has 3 nitrogen and oxygen atoms in total. The van der Waals surface area contributed by atoms with Crippen LogP contribution in [0, 0.1) is 0 Å². The van der Waals surface area contributed by atoms with Gasteiger partial charge in [-0.3, -0.25) is 9.80 Å². The molecular formula is C11H14Cl2N2O. The molecule has 0 bridgehead atoms. The molecule has 2 N–H and O–H groups in total. The van der Waals surface area contributed by atoms with E-state index in [0.29, 0.717) is 23.0 Å². The Morgan fingerprint density at radius 1 is 1.44 bits per heavy atom. The maximum atomic E-state index is 11.5. The Morgan fingerprint density at radius 3 is 2.69 bits per heavy atom. The zero-order valence-electron chi connectivity index (χ0n) is 9.04. The van der Waals surface area contributed by atoms with Gasteiger partial charge in [-0.05, 0) is 24.1 Å². The number of carbonyl (C=O) groups is 1. The summed E-state index contributed by atoms with van der Waals surface area (Å²) in [5, 5.41) is 2.27. The molecule has 5 heteroatoms. The highest BCUT2D eigenvalue weighted by molar-refractivity contribution is 6.35. The average molecular weight is 261 g/mol. The molecule has 0 aliphatic carbocycles. The number of nitrogens with two attached hydrogens (primary N) is 1. The minimum absolute atomic E-state index is 0.0893. The zero-order valence-corrected chi connectivity index (χ0v) is 10.6. The summed E-state index contributed by atoms with van der Waals surface area (Å²) in [7, 11) is 0. The van der Waals surface area contributed by atoms with Crippen molar-refractivity contribution in [3.05, 3.63) is 33.8 Å². The Balaban J connectivity index is 2.69. The summed E-state index contributed by atoms with van der Waals surface area (Å²) in [6.07, 6.45) is 1.22. The molecule has 0 fully saturated rings. The molecule has 0 saturated heterocycles. The Morgan fingerprint density at radius 2 is 2.12 bits per heavy atom. The normalized spacial score (nSPS) is 10.2. The predicted molar refractivity (Wildman–Crippen MR) is 66.1 cm³/mol. The molecular weight excluding hydrogens is 247 g/mol. The standard InChI is InChI=1S/C11H14Cl2N2O/c1-2-3-11(16)15(14)7-8-4-5-9(12)6-10(8)13/h4-6H,2-3,7,14H2,1H3. The van der Waals surface area contributed by atoms with Crippen LogP contribution in [0.5, 0.6) is 0 Å². The smallest absolute Gasteiger partial charge is 0.236 e. The summed E-state index contributed by atoms with van der Waals surface area (Å²) in [5.41, 5.74) is 0.790. The molecule has 88 valence electrons. The molecule has 0 aromatic heterocycles. The van der Waals surface area contributed by atoms with Gasteiger partial charge in [0, 0.05) is 16.5 Å². The Labute approximate surface area is 105 Å². The van der Waals surface area contributed by atoms with Crippen molar-refractivity contribution in [2.24, 2.45) is 5.84 Å². The molecule has 0 saturated carbocycles. The van der Waals surface area contributed by atoms with Crippen molar-refractivity contribution in [2.45, 2.75) is 26.3 Å². The summed E-state index contributed by atoms with van der Waals surface area (Å²) in [6.45, 7) is 2.23. The summed E-state index contributed by atoms with van der Waals surface area (Å²) >= 11 is 11.7. The van der Waals surface area contributed by atoms with E-state index in [0.717, 1.165) is 12.0 Å². The SMILES string of the molecule is CCCC(=O)N(N)Cc1ccc(Cl)cc1Cl. The maximum absolute atomic E-state index is 11.5. The second-order valence-electron chi connectivity index (χ2n) is 3.51. The van der Waals surface area contributed by atoms with Gasteiger partial charge in [0.15, 0.2) is 0 Å². The van der Waals surface area contributed by atoms with Gasteiger partial charge < -0.3 is 0 Å². The van der Waals surface area contributed by atoms with Gasteiger partial charge in [0.25, 0.3) is 0 Å². The lowest BCUT2D eigenvalue weighted by atomic mass is 10.2. The van der Waals surface area contributed by atoms with Crippen molar-refractivity contribution >= 4 is 29.1 Å². The van der Waals surface area contributed by atoms with E-state index in [2.05, 4.69) is 0 Å². The number of benzene rings is 1. The van der Waals surface area contributed by atoms with Crippen LogP contribution in [-0.2, 0) is 11.3 Å². The summed E-state index contributed by atoms with van der Waals surface area (Å²) in [5.74, 6) is 5.55. The van der Waals surface area contributed by atoms with E-state index < -0.39 is 0 Å². The monoisotopic (exact) mass is 260 g/mol. The van der Waals surface area contributed by atoms with Gasteiger partial charge in [-0.2, -0.15) is 0 Å². The summed E-state index contributed by atoms with van der Waals surface area (Å²) in [6, 6.07) is 5.13. The predicted octanol–water partition coefficient (Wildman–Crippen LogP) is 3.00. The Bertz CT molecular complexity index is 382. The molecule has 0 aliphatic heterocycles. The van der Waals surface area contributed by atoms with E-state index in [1.54, 1.807) is 18.2 Å². The maximum Gasteiger partial charge on any atom is 0.236 e. The number of hydrazine groups is 1. The number of hydrogen-bond donors (Lipinski definition) is 1. The fraction of sp³-hybridized carbons (Fsp3) is 0.364. The summed E-state index contributed by atoms with van der Waals surface area (Å²) < 4.78 is 0. The molecule has 0 unspecified atom stereocenters. The second kappa shape index (κ2) is 6.09. The first-order valence-electron chi connectivity index (χ1n) is 5.03. The van der Waals surface area contributed by atoms with Gasteiger partial charge in [0.1, 0.15) is 0 Å². The third-order valence-corrected chi connectivity index (χ3v) is 2.73. The molecule has 0 radical (unpaired) electrons. The first kappa shape index (κ1) is 13.3. The molecule has 0 heterocycles. The quantitative estimate of drug-likeness (QED) is 0.514. The van der Waals surface area contributed by atoms with Crippen LogP contribution >= 0.6 is 23.2 Å². The van der Waals surface area contributed by atoms with Crippen LogP contribution < -0.4 is 5.84 Å². The minimum atomic E-state index is -0.0893. The van der Waals surface area contributed by atoms with Crippen molar-refractivity contribution in [1.82, 2.24) is 5.01 Å². The fourth-order valence-electron chi connectivity index (χ4n) is 1.28. The van der Waals surface area contributed by atoms with Crippen LogP contribution in [0.1, 0.15) is 25.3 Å². The largest absolute Gasteiger partial charge is 0.276 e. The number of rotatable bonds is 4. The van der Waals surface area contributed by atoms with Gasteiger partial charge in [0.2, 0.25) is 5.91 Å². The van der Waals surface area contributed by atoms with Gasteiger partial charge >= 0.3 is 0 Å². The zero-order chi connectivity index (χ0) is 12.1. The lowest BCUT2D eigenvalue weighted by Gasteiger charge is -2.17. The van der Waals surface area contributed by atoms with Crippen LogP contribution in [0.3, 0.4) is 0 Å². The van der Waals surface area contributed by atoms with Gasteiger partial charge in [-0.25, -0.2) is 5.84 Å². The number of hydrogen-bond acceptors (Lipinski definition) is 2. The highest BCUT2D eigenvalue weighted by atomic mass is 35.5. The van der Waals surface area contributed by atoms with Crippen molar-refractivity contribution in [3.8, 4) is 0 Å². The van der Waals surface area contributed by atoms with E-state index in [1.807, 2.05) is 6.92 Å². The molecule has 1 rings (SSSR count). The molecule has 1 amide bonds. The van der Waals surface area contributed by atoms with Gasteiger partial charge in [-0.15, -0.1) is 0 Å². The topological polar surface area (TPSA) is 46.3 Å². The molecule has 16 heavy (non-hydrogen) atoms. The molecule has 1 aromatic carbocycles. The minimum Gasteiger partial charge on any atom is -0.276 e. The van der Waals surface area contributed by atoms with E-state index in [-0.39, 0.29) is 5.91 Å². The highest BCUT2D eigenvalue weighted by Crippen LogP contribution is 2.21. The average Bonchev–Trinajstić information content (AvgIpc) is 2.22. The molecule has 1 aromatic rings. The third-order valence-electron chi connectivity index (χ3n) is 2.14. The second-order valence-corrected chi connectivity index (χ2v) is 4.35. The number of amides is 1. The van der Waals surface area contributed by atoms with Crippen molar-refractivity contribution in [1.29, 1.82) is 0 Å². The third kappa shape index (κ3) is 3.67. The van der Waals surface area contributed by atoms with Crippen molar-refractivity contribution < 1.29 is 4.79 Å². The van der Waals surface area contributed by atoms with Crippen LogP contribution in [0.2, 0.25) is 10.0 Å². The van der Waals surface area contributed by atoms with E-state index in [9.17, 15) is 4.79 Å². The lowest BCUT2D eigenvalue weighted by Crippen LogP contribution is -2.36. The van der Waals surface area contributed by atoms with Crippen LogP contribution in [0.4, 0.5) is 0 Å². The van der Waals surface area contributed by atoms with Crippen LogP contribution in [-0.4, -0.2) is 10.9 Å². The van der Waals surface area contributed by atoms with Crippen molar-refractivity contribution in [3.63, 3.8) is 0 Å². The van der Waals surface area contributed by atoms with Crippen LogP contribution in [0.25, 0.3) is 0 Å². The number of nitrogens with zero attached hydrogens (tertiary/aromatic N) is 1. The number of carbonyl (C=O) groups excluding carboxylic acids is 1. The molecule has 0 aliphatic rings. The van der Waals surface area contributed by atoms with E-state index >= 15 is 0 Å². The highest BCUT2D eigenvalue weighted by Gasteiger charge is 2.10. The Kier molecular flexibility index (Phi) is 5.06. The first-order valence-corrected chi connectivity index (χ1v) is 5.79. The van der Waals surface area contributed by atoms with Gasteiger partial charge in [0.05, 0.1) is 6.54 Å². The van der Waals surface area contributed by atoms with Crippen molar-refractivity contribution in [2.75, 3.05) is 0 Å². The van der Waals surface area contributed by atoms with E-state index in [1.165, 1.54) is 5.01 Å². The van der Waals surface area contributed by atoms with E-state index in [4.69, 9.17) is 29.0 Å². The molecule has 0 atom stereocenters. The fourth-order valence-corrected chi connectivity index (χ4v) is 1.75. The Hall–Kier alpha value is -0.770. The van der Waals surface area contributed by atoms with Crippen LogP contribution in [0.15, 0.2) is 18.2 Å². The lowest BCUT2D eigenvalue weighted by molar-refractivity contribution is -0.132. The first-order chi connectivity index (χ1) is 7.54. The molecule has 0 spiro atoms. The number of halogens is 2. The summed E-state index contributed by atoms with van der Waals surface area (Å²) in [4.78, 5) is 11.5. The van der Waals surface area contributed by atoms with Gasteiger partial charge in [-0.1, -0.05) is 36.2 Å².